The lowest BCUT2D eigenvalue weighted by atomic mass is 9.92. The third-order valence-electron chi connectivity index (χ3n) is 4.10. The molecule has 0 bridgehead atoms. The van der Waals surface area contributed by atoms with Crippen LogP contribution in [-0.2, 0) is 10.3 Å². The molecule has 1 aliphatic heterocycles. The van der Waals surface area contributed by atoms with Gasteiger partial charge in [-0.3, -0.25) is 4.79 Å². The number of hydrazone groups is 1. The molecule has 2 aromatic rings. The van der Waals surface area contributed by atoms with Crippen molar-refractivity contribution in [1.82, 2.24) is 10.3 Å². The molecule has 8 heteroatoms. The average Bonchev–Trinajstić information content (AvgIpc) is 2.86. The van der Waals surface area contributed by atoms with E-state index >= 15 is 0 Å². The second kappa shape index (κ2) is 6.97. The smallest absolute Gasteiger partial charge is 0.346 e. The summed E-state index contributed by atoms with van der Waals surface area (Å²) in [5, 5.41) is 8.24. The van der Waals surface area contributed by atoms with E-state index in [-0.39, 0.29) is 0 Å². The maximum Gasteiger partial charge on any atom is 0.346 e. The molecule has 1 heterocycles. The number of halogens is 2. The molecule has 0 saturated carbocycles. The highest BCUT2D eigenvalue weighted by molar-refractivity contribution is 6.42. The minimum Gasteiger partial charge on any atom is -0.497 e. The first kappa shape index (κ1) is 18.2. The van der Waals surface area contributed by atoms with Crippen molar-refractivity contribution in [3.8, 4) is 5.75 Å². The first-order chi connectivity index (χ1) is 12.3. The second-order valence-electron chi connectivity index (χ2n) is 5.82. The Bertz CT molecular complexity index is 899. The summed E-state index contributed by atoms with van der Waals surface area (Å²) in [7, 11) is 1.55. The van der Waals surface area contributed by atoms with Gasteiger partial charge in [-0.2, -0.15) is 5.10 Å². The van der Waals surface area contributed by atoms with Crippen molar-refractivity contribution in [2.45, 2.75) is 12.5 Å². The van der Waals surface area contributed by atoms with Crippen LogP contribution in [0.15, 0.2) is 47.6 Å². The molecular weight excluding hydrogens is 377 g/mol. The summed E-state index contributed by atoms with van der Waals surface area (Å²) >= 11 is 11.8. The molecule has 26 heavy (non-hydrogen) atoms. The molecular formula is C18H15Cl2N3O3. The SMILES string of the molecule is COc1ccc([C@]2(C)NC(=O)N(/N=C\c3ccc(Cl)c(Cl)c3)C2=O)cc1. The number of ether oxygens (including phenoxy) is 1. The standard InChI is InChI=1S/C18H15Cl2N3O3/c1-18(12-4-6-13(26-2)7-5-12)16(24)23(17(25)22-18)21-10-11-3-8-14(19)15(20)9-11/h3-10H,1-2H3,(H,22,25)/b21-10-/t18-/m0/s1. The quantitative estimate of drug-likeness (QED) is 0.636. The third-order valence-corrected chi connectivity index (χ3v) is 4.84. The van der Waals surface area contributed by atoms with Crippen LogP contribution in [0.3, 0.4) is 0 Å². The number of methoxy groups -OCH3 is 1. The number of hydrogen-bond donors (Lipinski definition) is 1. The fourth-order valence-electron chi connectivity index (χ4n) is 2.57. The van der Waals surface area contributed by atoms with Gasteiger partial charge in [-0.15, -0.1) is 5.01 Å². The van der Waals surface area contributed by atoms with Gasteiger partial charge in [0.15, 0.2) is 0 Å². The van der Waals surface area contributed by atoms with Gasteiger partial charge in [-0.25, -0.2) is 4.79 Å². The molecule has 1 N–H and O–H groups in total. The van der Waals surface area contributed by atoms with E-state index in [0.717, 1.165) is 5.01 Å². The highest BCUT2D eigenvalue weighted by Gasteiger charge is 2.49. The third kappa shape index (κ3) is 3.25. The van der Waals surface area contributed by atoms with Gasteiger partial charge >= 0.3 is 6.03 Å². The monoisotopic (exact) mass is 391 g/mol. The highest BCUT2D eigenvalue weighted by atomic mass is 35.5. The van der Waals surface area contributed by atoms with Crippen molar-refractivity contribution in [2.24, 2.45) is 5.10 Å². The Labute approximate surface area is 160 Å². The lowest BCUT2D eigenvalue weighted by Crippen LogP contribution is -2.40. The summed E-state index contributed by atoms with van der Waals surface area (Å²) in [4.78, 5) is 25.0. The van der Waals surface area contributed by atoms with E-state index in [1.165, 1.54) is 6.21 Å². The van der Waals surface area contributed by atoms with Crippen molar-refractivity contribution in [1.29, 1.82) is 0 Å². The molecule has 1 saturated heterocycles. The summed E-state index contributed by atoms with van der Waals surface area (Å²) in [5.41, 5.74) is 0.0279. The van der Waals surface area contributed by atoms with Gasteiger partial charge in [-0.05, 0) is 42.3 Å². The van der Waals surface area contributed by atoms with Gasteiger partial charge in [0.05, 0.1) is 23.4 Å². The lowest BCUT2D eigenvalue weighted by Gasteiger charge is -2.21. The van der Waals surface area contributed by atoms with Crippen molar-refractivity contribution in [2.75, 3.05) is 7.11 Å². The number of benzene rings is 2. The summed E-state index contributed by atoms with van der Waals surface area (Å²) in [5.74, 6) is 0.174. The van der Waals surface area contributed by atoms with Crippen LogP contribution < -0.4 is 10.1 Å². The van der Waals surface area contributed by atoms with E-state index in [2.05, 4.69) is 10.4 Å². The molecule has 1 fully saturated rings. The summed E-state index contributed by atoms with van der Waals surface area (Å²) in [6.45, 7) is 1.63. The lowest BCUT2D eigenvalue weighted by molar-refractivity contribution is -0.131. The van der Waals surface area contributed by atoms with Crippen molar-refractivity contribution in [3.63, 3.8) is 0 Å². The number of nitrogens with zero attached hydrogens (tertiary/aromatic N) is 2. The maximum atomic E-state index is 12.8. The van der Waals surface area contributed by atoms with Crippen molar-refractivity contribution in [3.05, 3.63) is 63.6 Å². The summed E-state index contributed by atoms with van der Waals surface area (Å²) in [6.07, 6.45) is 1.37. The minimum atomic E-state index is -1.21. The largest absolute Gasteiger partial charge is 0.497 e. The van der Waals surface area contributed by atoms with Gasteiger partial charge in [0.25, 0.3) is 5.91 Å². The van der Waals surface area contributed by atoms with Crippen LogP contribution in [0.25, 0.3) is 0 Å². The Morgan fingerprint density at radius 3 is 2.42 bits per heavy atom. The van der Waals surface area contributed by atoms with E-state index < -0.39 is 17.5 Å². The zero-order valence-corrected chi connectivity index (χ0v) is 15.5. The summed E-state index contributed by atoms with van der Waals surface area (Å²) in [6, 6.07) is 11.2. The molecule has 0 spiro atoms. The Kier molecular flexibility index (Phi) is 4.89. The number of hydrogen-bond acceptors (Lipinski definition) is 4. The maximum absolute atomic E-state index is 12.8. The first-order valence-corrected chi connectivity index (χ1v) is 8.41. The Hall–Kier alpha value is -2.57. The van der Waals surface area contributed by atoms with Crippen LogP contribution in [0, 0.1) is 0 Å². The number of amides is 3. The molecule has 6 nitrogen and oxygen atoms in total. The van der Waals surface area contributed by atoms with Gasteiger partial charge in [0, 0.05) is 0 Å². The molecule has 0 aromatic heterocycles. The molecule has 0 unspecified atom stereocenters. The average molecular weight is 392 g/mol. The zero-order valence-electron chi connectivity index (χ0n) is 14.0. The van der Waals surface area contributed by atoms with Crippen LogP contribution in [0.5, 0.6) is 5.75 Å². The normalized spacial score (nSPS) is 19.9. The number of carbonyl (C=O) groups excluding carboxylic acids is 2. The summed E-state index contributed by atoms with van der Waals surface area (Å²) < 4.78 is 5.11. The predicted octanol–water partition coefficient (Wildman–Crippen LogP) is 3.80. The van der Waals surface area contributed by atoms with E-state index in [9.17, 15) is 9.59 Å². The molecule has 3 amide bonds. The van der Waals surface area contributed by atoms with Gasteiger partial charge in [0.2, 0.25) is 0 Å². The Balaban J connectivity index is 1.85. The highest BCUT2D eigenvalue weighted by Crippen LogP contribution is 2.30. The van der Waals surface area contributed by atoms with E-state index in [0.29, 0.717) is 26.9 Å². The topological polar surface area (TPSA) is 71.0 Å². The van der Waals surface area contributed by atoms with E-state index in [1.807, 2.05) is 0 Å². The first-order valence-electron chi connectivity index (χ1n) is 7.65. The molecule has 3 rings (SSSR count). The second-order valence-corrected chi connectivity index (χ2v) is 6.63. The molecule has 134 valence electrons. The predicted molar refractivity (Wildman–Crippen MR) is 99.8 cm³/mol. The van der Waals surface area contributed by atoms with Crippen molar-refractivity contribution < 1.29 is 14.3 Å². The van der Waals surface area contributed by atoms with E-state index in [4.69, 9.17) is 27.9 Å². The number of imide groups is 1. The van der Waals surface area contributed by atoms with Crippen LogP contribution in [0.2, 0.25) is 10.0 Å². The molecule has 1 aliphatic rings. The Morgan fingerprint density at radius 2 is 1.81 bits per heavy atom. The number of urea groups is 1. The molecule has 0 radical (unpaired) electrons. The van der Waals surface area contributed by atoms with Crippen LogP contribution in [0.1, 0.15) is 18.1 Å². The van der Waals surface area contributed by atoms with Gasteiger partial charge < -0.3 is 10.1 Å². The van der Waals surface area contributed by atoms with Crippen LogP contribution in [-0.4, -0.2) is 30.3 Å². The van der Waals surface area contributed by atoms with Gasteiger partial charge in [0.1, 0.15) is 11.3 Å². The fraction of sp³-hybridized carbons (Fsp3) is 0.167. The fourth-order valence-corrected chi connectivity index (χ4v) is 2.87. The number of nitrogens with one attached hydrogen (secondary N) is 1. The molecule has 0 aliphatic carbocycles. The number of carbonyl (C=O) groups is 2. The number of rotatable bonds is 4. The molecule has 2 aromatic carbocycles. The minimum absolute atomic E-state index is 0.357. The van der Waals surface area contributed by atoms with Gasteiger partial charge in [-0.1, -0.05) is 41.4 Å². The van der Waals surface area contributed by atoms with Crippen LogP contribution >= 0.6 is 23.2 Å². The Morgan fingerprint density at radius 1 is 1.12 bits per heavy atom. The van der Waals surface area contributed by atoms with Crippen molar-refractivity contribution >= 4 is 41.4 Å². The zero-order chi connectivity index (χ0) is 18.9. The van der Waals surface area contributed by atoms with E-state index in [1.54, 1.807) is 56.5 Å². The van der Waals surface area contributed by atoms with Crippen LogP contribution in [0.4, 0.5) is 4.79 Å². The molecule has 1 atom stereocenters.